The number of nitrogen functional groups attached to an aromatic ring is 1. The highest BCUT2D eigenvalue weighted by molar-refractivity contribution is 7.47. The fraction of sp³-hybridized carbons (Fsp3) is 0.683. The third-order valence-electron chi connectivity index (χ3n) is 10.4. The molecular weight excluding hydrogens is 737 g/mol. The zero-order valence-electron chi connectivity index (χ0n) is 33.1. The molecule has 1 aliphatic heterocycles. The van der Waals surface area contributed by atoms with Crippen molar-refractivity contribution < 1.29 is 42.9 Å². The van der Waals surface area contributed by atoms with Crippen molar-refractivity contribution in [1.29, 1.82) is 5.26 Å². The van der Waals surface area contributed by atoms with Gasteiger partial charge in [-0.25, -0.2) is 14.1 Å². The maximum Gasteiger partial charge on any atom is 0.472 e. The van der Waals surface area contributed by atoms with E-state index in [9.17, 15) is 24.9 Å². The Morgan fingerprint density at radius 3 is 2.16 bits per heavy atom. The third kappa shape index (κ3) is 14.5. The van der Waals surface area contributed by atoms with Crippen molar-refractivity contribution in [3.8, 4) is 6.07 Å². The zero-order chi connectivity index (χ0) is 40.1. The van der Waals surface area contributed by atoms with E-state index in [1.54, 1.807) is 12.1 Å². The largest absolute Gasteiger partial charge is 0.472 e. The van der Waals surface area contributed by atoms with Gasteiger partial charge in [-0.15, -0.1) is 0 Å². The maximum atomic E-state index is 13.0. The Balaban J connectivity index is 1.17. The van der Waals surface area contributed by atoms with Gasteiger partial charge in [-0.3, -0.25) is 9.05 Å². The lowest BCUT2D eigenvalue weighted by atomic mass is 9.88. The molecule has 3 aromatic rings. The van der Waals surface area contributed by atoms with E-state index in [1.165, 1.54) is 101 Å². The molecular formula is C41H64N5O9P. The minimum atomic E-state index is -4.70. The zero-order valence-corrected chi connectivity index (χ0v) is 34.0. The maximum absolute atomic E-state index is 13.0. The number of ether oxygens (including phenoxy) is 3. The van der Waals surface area contributed by atoms with Gasteiger partial charge in [0.05, 0.1) is 44.6 Å². The average Bonchev–Trinajstić information content (AvgIpc) is 3.74. The summed E-state index contributed by atoms with van der Waals surface area (Å²) in [6, 6.07) is 14.7. The van der Waals surface area contributed by atoms with Crippen LogP contribution in [0.1, 0.15) is 127 Å². The number of aromatic nitrogens is 3. The molecule has 0 aliphatic carbocycles. The van der Waals surface area contributed by atoms with Crippen molar-refractivity contribution in [2.75, 3.05) is 32.2 Å². The number of unbranched alkanes of at least 4 members (excludes halogenated alkanes) is 15. The number of aliphatic hydroxyl groups is 2. The average molecular weight is 802 g/mol. The first kappa shape index (κ1) is 45.7. The molecule has 312 valence electrons. The summed E-state index contributed by atoms with van der Waals surface area (Å²) < 4.78 is 43.0. The van der Waals surface area contributed by atoms with Gasteiger partial charge in [-0.1, -0.05) is 134 Å². The van der Waals surface area contributed by atoms with Crippen LogP contribution >= 0.6 is 7.82 Å². The van der Waals surface area contributed by atoms with Crippen molar-refractivity contribution in [3.05, 3.63) is 60.0 Å². The van der Waals surface area contributed by atoms with Crippen LogP contribution in [0.2, 0.25) is 0 Å². The summed E-state index contributed by atoms with van der Waals surface area (Å²) in [7, 11) is -4.70. The fourth-order valence-electron chi connectivity index (χ4n) is 7.14. The number of aliphatic hydroxyl groups excluding tert-OH is 2. The summed E-state index contributed by atoms with van der Waals surface area (Å²) in [4.78, 5) is 14.6. The lowest BCUT2D eigenvalue weighted by molar-refractivity contribution is -0.0990. The Morgan fingerprint density at radius 2 is 1.54 bits per heavy atom. The molecule has 1 fully saturated rings. The van der Waals surface area contributed by atoms with Crippen molar-refractivity contribution in [1.82, 2.24) is 14.6 Å². The molecule has 0 radical (unpaired) electrons. The second-order valence-corrected chi connectivity index (χ2v) is 16.3. The molecule has 0 saturated carbocycles. The van der Waals surface area contributed by atoms with Crippen LogP contribution in [0.3, 0.4) is 0 Å². The Labute approximate surface area is 332 Å². The van der Waals surface area contributed by atoms with Crippen LogP contribution in [0.5, 0.6) is 0 Å². The molecule has 1 aliphatic rings. The van der Waals surface area contributed by atoms with Crippen molar-refractivity contribution >= 4 is 19.2 Å². The van der Waals surface area contributed by atoms with Gasteiger partial charge < -0.3 is 35.1 Å². The lowest BCUT2D eigenvalue weighted by Crippen LogP contribution is -2.41. The van der Waals surface area contributed by atoms with Gasteiger partial charge in [0.15, 0.2) is 11.4 Å². The summed E-state index contributed by atoms with van der Waals surface area (Å²) in [6.45, 7) is 2.28. The second kappa shape index (κ2) is 24.7. The number of rotatable bonds is 30. The standard InChI is InChI=1S/C41H64N5O9P/c1-2-3-4-5-6-7-8-9-10-11-12-13-14-15-16-20-27-51-29-34(52-28-33-21-18-17-19-22-33)30-53-56(49,50)54-31-36-38(47)39(48)41(55-36,25-26-42)37-24-23-35-40(43)44-32-45-46(35)37/h17-19,21-24,32,34,36,38-39,47-48H,2-16,20,25,27-31H2,1H3,(H,49,50)(H2,43,44,45)/t34-,36-,38-,39-,41+/m1/s1. The topological polar surface area (TPSA) is 204 Å². The minimum Gasteiger partial charge on any atom is -0.387 e. The third-order valence-corrected chi connectivity index (χ3v) is 11.4. The first-order valence-electron chi connectivity index (χ1n) is 20.6. The van der Waals surface area contributed by atoms with Crippen LogP contribution < -0.4 is 5.73 Å². The van der Waals surface area contributed by atoms with Gasteiger partial charge in [-0.05, 0) is 24.1 Å². The number of benzene rings is 1. The van der Waals surface area contributed by atoms with E-state index in [4.69, 9.17) is 29.0 Å². The molecule has 1 aromatic carbocycles. The van der Waals surface area contributed by atoms with Gasteiger partial charge in [-0.2, -0.15) is 10.4 Å². The number of hydrogen-bond acceptors (Lipinski definition) is 12. The number of hydrogen-bond donors (Lipinski definition) is 4. The molecule has 3 heterocycles. The number of fused-ring (bicyclic) bond motifs is 1. The van der Waals surface area contributed by atoms with Gasteiger partial charge >= 0.3 is 7.82 Å². The van der Waals surface area contributed by atoms with Crippen molar-refractivity contribution in [2.24, 2.45) is 0 Å². The minimum absolute atomic E-state index is 0.151. The molecule has 1 unspecified atom stereocenters. The van der Waals surface area contributed by atoms with E-state index in [-0.39, 0.29) is 37.8 Å². The highest BCUT2D eigenvalue weighted by Gasteiger charge is 2.57. The van der Waals surface area contributed by atoms with E-state index >= 15 is 0 Å². The molecule has 4 rings (SSSR count). The van der Waals surface area contributed by atoms with E-state index < -0.39 is 44.4 Å². The van der Waals surface area contributed by atoms with Gasteiger partial charge in [0.25, 0.3) is 0 Å². The monoisotopic (exact) mass is 801 g/mol. The SMILES string of the molecule is CCCCCCCCCCCCCCCCCCOC[C@H](COP(=O)(O)OC[C@H]1O[C@@](CC#N)(c2ccc3c(N)ncnn23)[C@H](O)[C@@H]1O)OCc1ccccc1. The lowest BCUT2D eigenvalue weighted by Gasteiger charge is -2.29. The van der Waals surface area contributed by atoms with Crippen LogP contribution in [0.25, 0.3) is 5.52 Å². The molecule has 5 N–H and O–H groups in total. The second-order valence-electron chi connectivity index (χ2n) is 14.8. The number of anilines is 1. The smallest absolute Gasteiger partial charge is 0.387 e. The van der Waals surface area contributed by atoms with E-state index in [1.807, 2.05) is 36.4 Å². The highest BCUT2D eigenvalue weighted by atomic mass is 31.2. The normalized spacial score (nSPS) is 21.3. The molecule has 1 saturated heterocycles. The summed E-state index contributed by atoms with van der Waals surface area (Å²) in [6.07, 6.45) is 16.4. The predicted octanol–water partition coefficient (Wildman–Crippen LogP) is 7.54. The number of nitriles is 1. The molecule has 6 atom stereocenters. The Kier molecular flexibility index (Phi) is 20.2. The van der Waals surface area contributed by atoms with Crippen molar-refractivity contribution in [2.45, 2.75) is 153 Å². The summed E-state index contributed by atoms with van der Waals surface area (Å²) in [5, 5.41) is 35.9. The molecule has 15 heteroatoms. The molecule has 0 spiro atoms. The molecule has 2 aromatic heterocycles. The van der Waals surface area contributed by atoms with Gasteiger partial charge in [0, 0.05) is 6.61 Å². The Bertz CT molecular complexity index is 1630. The predicted molar refractivity (Wildman–Crippen MR) is 213 cm³/mol. The highest BCUT2D eigenvalue weighted by Crippen LogP contribution is 2.47. The summed E-state index contributed by atoms with van der Waals surface area (Å²) in [5.74, 6) is 0.168. The summed E-state index contributed by atoms with van der Waals surface area (Å²) in [5.41, 5.74) is 5.81. The van der Waals surface area contributed by atoms with E-state index in [2.05, 4.69) is 17.0 Å². The van der Waals surface area contributed by atoms with Crippen LogP contribution in [0.4, 0.5) is 5.82 Å². The van der Waals surface area contributed by atoms with Crippen LogP contribution in [0.15, 0.2) is 48.8 Å². The van der Waals surface area contributed by atoms with Crippen LogP contribution in [0, 0.1) is 11.3 Å². The van der Waals surface area contributed by atoms with Crippen LogP contribution in [-0.4, -0.2) is 80.5 Å². The van der Waals surface area contributed by atoms with Crippen molar-refractivity contribution in [3.63, 3.8) is 0 Å². The van der Waals surface area contributed by atoms with Crippen LogP contribution in [-0.2, 0) is 40.0 Å². The molecule has 14 nitrogen and oxygen atoms in total. The summed E-state index contributed by atoms with van der Waals surface area (Å²) >= 11 is 0. The quantitative estimate of drug-likeness (QED) is 0.0381. The number of phosphoric ester groups is 1. The number of nitrogens with zero attached hydrogens (tertiary/aromatic N) is 4. The van der Waals surface area contributed by atoms with Gasteiger partial charge in [0.1, 0.15) is 36.3 Å². The van der Waals surface area contributed by atoms with Gasteiger partial charge in [0.2, 0.25) is 0 Å². The molecule has 0 amide bonds. The molecule has 0 bridgehead atoms. The van der Waals surface area contributed by atoms with E-state index in [0.29, 0.717) is 12.1 Å². The Hall–Kier alpha value is -2.96. The first-order chi connectivity index (χ1) is 27.2. The number of nitrogens with two attached hydrogens (primary N) is 1. The fourth-order valence-corrected chi connectivity index (χ4v) is 7.91. The van der Waals surface area contributed by atoms with E-state index in [0.717, 1.165) is 18.4 Å². The first-order valence-corrected chi connectivity index (χ1v) is 22.0. The molecule has 56 heavy (non-hydrogen) atoms. The Morgan fingerprint density at radius 1 is 0.911 bits per heavy atom. The number of phosphoric acid groups is 1.